The average Bonchev–Trinajstić information content (AvgIpc) is 2.94. The number of benzene rings is 3. The lowest BCUT2D eigenvalue weighted by atomic mass is 10.1. The third kappa shape index (κ3) is 2.87. The summed E-state index contributed by atoms with van der Waals surface area (Å²) in [5.74, 6) is 0.999. The van der Waals surface area contributed by atoms with Gasteiger partial charge in [-0.1, -0.05) is 70.0 Å². The first-order valence-electron chi connectivity index (χ1n) is 7.97. The second-order valence-corrected chi connectivity index (χ2v) is 6.93. The zero-order chi connectivity index (χ0) is 16.5. The molecule has 0 saturated carbocycles. The van der Waals surface area contributed by atoms with Gasteiger partial charge in [0.1, 0.15) is 5.82 Å². The quantitative estimate of drug-likeness (QED) is 0.440. The molecule has 0 N–H and O–H groups in total. The third-order valence-electron chi connectivity index (χ3n) is 4.16. The van der Waals surface area contributed by atoms with Crippen molar-refractivity contribution in [1.29, 1.82) is 0 Å². The second kappa shape index (κ2) is 6.25. The van der Waals surface area contributed by atoms with Gasteiger partial charge in [0.05, 0.1) is 11.0 Å². The molecule has 1 aromatic heterocycles. The van der Waals surface area contributed by atoms with Crippen molar-refractivity contribution in [3.05, 3.63) is 88.4 Å². The number of imidazole rings is 1. The number of fused-ring (bicyclic) bond motifs is 1. The van der Waals surface area contributed by atoms with Crippen LogP contribution in [0.4, 0.5) is 0 Å². The monoisotopic (exact) mass is 376 g/mol. The summed E-state index contributed by atoms with van der Waals surface area (Å²) in [4.78, 5) is 4.88. The van der Waals surface area contributed by atoms with Crippen molar-refractivity contribution in [3.8, 4) is 11.4 Å². The van der Waals surface area contributed by atoms with Crippen molar-refractivity contribution in [1.82, 2.24) is 9.55 Å². The molecule has 0 saturated heterocycles. The van der Waals surface area contributed by atoms with Crippen LogP contribution in [0.15, 0.2) is 77.3 Å². The third-order valence-corrected chi connectivity index (χ3v) is 4.65. The molecule has 1 heterocycles. The predicted molar refractivity (Wildman–Crippen MR) is 103 cm³/mol. The fourth-order valence-electron chi connectivity index (χ4n) is 3.08. The SMILES string of the molecule is Cc1cccc(Cn2c(-c3cccc(Br)c3)nc3ccccc32)c1. The Balaban J connectivity index is 1.90. The van der Waals surface area contributed by atoms with Gasteiger partial charge in [-0.15, -0.1) is 0 Å². The number of nitrogens with zero attached hydrogens (tertiary/aromatic N) is 2. The zero-order valence-electron chi connectivity index (χ0n) is 13.4. The fourth-order valence-corrected chi connectivity index (χ4v) is 3.48. The van der Waals surface area contributed by atoms with Crippen LogP contribution in [-0.2, 0) is 6.54 Å². The molecule has 2 nitrogen and oxygen atoms in total. The summed E-state index contributed by atoms with van der Waals surface area (Å²) in [6.07, 6.45) is 0. The molecule has 0 aliphatic rings. The highest BCUT2D eigenvalue weighted by molar-refractivity contribution is 9.10. The molecular weight excluding hydrogens is 360 g/mol. The van der Waals surface area contributed by atoms with Crippen LogP contribution in [0.3, 0.4) is 0 Å². The number of hydrogen-bond donors (Lipinski definition) is 0. The van der Waals surface area contributed by atoms with Gasteiger partial charge < -0.3 is 4.57 Å². The van der Waals surface area contributed by atoms with Gasteiger partial charge in [-0.05, 0) is 36.8 Å². The van der Waals surface area contributed by atoms with Gasteiger partial charge in [0.25, 0.3) is 0 Å². The molecule has 3 aromatic carbocycles. The van der Waals surface area contributed by atoms with Gasteiger partial charge in [-0.3, -0.25) is 0 Å². The van der Waals surface area contributed by atoms with Gasteiger partial charge in [0, 0.05) is 16.6 Å². The van der Waals surface area contributed by atoms with Gasteiger partial charge >= 0.3 is 0 Å². The molecule has 0 aliphatic heterocycles. The molecule has 0 radical (unpaired) electrons. The van der Waals surface area contributed by atoms with E-state index in [0.29, 0.717) is 0 Å². The van der Waals surface area contributed by atoms with Crippen LogP contribution in [0, 0.1) is 6.92 Å². The Morgan fingerprint density at radius 2 is 1.75 bits per heavy atom. The first-order valence-corrected chi connectivity index (χ1v) is 8.77. The van der Waals surface area contributed by atoms with Crippen LogP contribution >= 0.6 is 15.9 Å². The lowest BCUT2D eigenvalue weighted by Crippen LogP contribution is -2.02. The first-order chi connectivity index (χ1) is 11.7. The smallest absolute Gasteiger partial charge is 0.141 e. The van der Waals surface area contributed by atoms with Crippen molar-refractivity contribution < 1.29 is 0 Å². The van der Waals surface area contributed by atoms with E-state index in [2.05, 4.69) is 88.1 Å². The second-order valence-electron chi connectivity index (χ2n) is 6.01. The number of aryl methyl sites for hydroxylation is 1. The Labute approximate surface area is 149 Å². The van der Waals surface area contributed by atoms with E-state index >= 15 is 0 Å². The molecule has 0 bridgehead atoms. The molecule has 0 atom stereocenters. The minimum Gasteiger partial charge on any atom is -0.319 e. The molecule has 118 valence electrons. The molecule has 4 aromatic rings. The number of hydrogen-bond acceptors (Lipinski definition) is 1. The van der Waals surface area contributed by atoms with Crippen molar-refractivity contribution in [2.75, 3.05) is 0 Å². The van der Waals surface area contributed by atoms with Crippen LogP contribution < -0.4 is 0 Å². The van der Waals surface area contributed by atoms with Gasteiger partial charge in [0.2, 0.25) is 0 Å². The summed E-state index contributed by atoms with van der Waals surface area (Å²) < 4.78 is 3.36. The van der Waals surface area contributed by atoms with E-state index in [1.807, 2.05) is 12.1 Å². The maximum Gasteiger partial charge on any atom is 0.141 e. The number of halogens is 1. The predicted octanol–water partition coefficient (Wildman–Crippen LogP) is 5.82. The summed E-state index contributed by atoms with van der Waals surface area (Å²) in [7, 11) is 0. The largest absolute Gasteiger partial charge is 0.319 e. The minimum absolute atomic E-state index is 0.810. The average molecular weight is 377 g/mol. The highest BCUT2D eigenvalue weighted by Crippen LogP contribution is 2.27. The van der Waals surface area contributed by atoms with E-state index < -0.39 is 0 Å². The summed E-state index contributed by atoms with van der Waals surface area (Å²) in [6.45, 7) is 2.94. The summed E-state index contributed by atoms with van der Waals surface area (Å²) in [5, 5.41) is 0. The Morgan fingerprint density at radius 3 is 2.58 bits per heavy atom. The van der Waals surface area contributed by atoms with E-state index in [-0.39, 0.29) is 0 Å². The first kappa shape index (κ1) is 15.2. The van der Waals surface area contributed by atoms with Crippen molar-refractivity contribution in [3.63, 3.8) is 0 Å². The summed E-state index contributed by atoms with van der Waals surface area (Å²) >= 11 is 3.57. The maximum atomic E-state index is 4.88. The molecule has 0 amide bonds. The topological polar surface area (TPSA) is 17.8 Å². The Bertz CT molecular complexity index is 1020. The maximum absolute atomic E-state index is 4.88. The Kier molecular flexibility index (Phi) is 3.95. The Morgan fingerprint density at radius 1 is 0.917 bits per heavy atom. The van der Waals surface area contributed by atoms with E-state index in [1.54, 1.807) is 0 Å². The molecular formula is C21H17BrN2. The van der Waals surface area contributed by atoms with Crippen LogP contribution in [0.1, 0.15) is 11.1 Å². The molecule has 0 fully saturated rings. The van der Waals surface area contributed by atoms with Crippen LogP contribution in [0.5, 0.6) is 0 Å². The van der Waals surface area contributed by atoms with E-state index in [4.69, 9.17) is 4.98 Å². The highest BCUT2D eigenvalue weighted by atomic mass is 79.9. The van der Waals surface area contributed by atoms with Gasteiger partial charge in [-0.2, -0.15) is 0 Å². The number of para-hydroxylation sites is 2. The summed E-state index contributed by atoms with van der Waals surface area (Å²) in [6, 6.07) is 25.3. The minimum atomic E-state index is 0.810. The van der Waals surface area contributed by atoms with E-state index in [0.717, 1.165) is 33.4 Å². The van der Waals surface area contributed by atoms with Gasteiger partial charge in [-0.25, -0.2) is 4.98 Å². The normalized spacial score (nSPS) is 11.1. The lowest BCUT2D eigenvalue weighted by Gasteiger charge is -2.10. The Hall–Kier alpha value is -2.39. The molecule has 0 aliphatic carbocycles. The standard InChI is InChI=1S/C21H17BrN2/c1-15-6-4-7-16(12-15)14-24-20-11-3-2-10-19(20)23-21(24)17-8-5-9-18(22)13-17/h2-13H,14H2,1H3. The van der Waals surface area contributed by atoms with Gasteiger partial charge in [0.15, 0.2) is 0 Å². The zero-order valence-corrected chi connectivity index (χ0v) is 15.0. The van der Waals surface area contributed by atoms with E-state index in [1.165, 1.54) is 11.1 Å². The van der Waals surface area contributed by atoms with Crippen LogP contribution in [0.2, 0.25) is 0 Å². The number of rotatable bonds is 3. The van der Waals surface area contributed by atoms with E-state index in [9.17, 15) is 0 Å². The lowest BCUT2D eigenvalue weighted by molar-refractivity contribution is 0.833. The molecule has 0 unspecified atom stereocenters. The van der Waals surface area contributed by atoms with Crippen LogP contribution in [0.25, 0.3) is 22.4 Å². The highest BCUT2D eigenvalue weighted by Gasteiger charge is 2.13. The van der Waals surface area contributed by atoms with Crippen molar-refractivity contribution in [2.24, 2.45) is 0 Å². The molecule has 0 spiro atoms. The molecule has 24 heavy (non-hydrogen) atoms. The fraction of sp³-hybridized carbons (Fsp3) is 0.0952. The molecule has 4 rings (SSSR count). The van der Waals surface area contributed by atoms with Crippen LogP contribution in [-0.4, -0.2) is 9.55 Å². The summed E-state index contributed by atoms with van der Waals surface area (Å²) in [5.41, 5.74) is 5.87. The number of aromatic nitrogens is 2. The molecule has 3 heteroatoms. The van der Waals surface area contributed by atoms with Crippen molar-refractivity contribution >= 4 is 27.0 Å². The van der Waals surface area contributed by atoms with Crippen molar-refractivity contribution in [2.45, 2.75) is 13.5 Å².